The Balaban J connectivity index is 1.74. The van der Waals surface area contributed by atoms with Gasteiger partial charge in [-0.1, -0.05) is 27.2 Å². The van der Waals surface area contributed by atoms with Crippen molar-refractivity contribution in [3.63, 3.8) is 0 Å². The highest BCUT2D eigenvalue weighted by atomic mass is 79.9. The minimum absolute atomic E-state index is 0.237. The molecule has 0 fully saturated rings. The van der Waals surface area contributed by atoms with Gasteiger partial charge in [0.15, 0.2) is 5.69 Å². The SMILES string of the molecule is CC(NC(=O)c1cn(-c2cccc(Br)c2)nn1)c1ccco1. The number of furan rings is 1. The van der Waals surface area contributed by atoms with E-state index in [4.69, 9.17) is 4.42 Å². The number of hydrogen-bond donors (Lipinski definition) is 1. The number of carbonyl (C=O) groups is 1. The van der Waals surface area contributed by atoms with Crippen molar-refractivity contribution in [1.82, 2.24) is 20.3 Å². The Kier molecular flexibility index (Phi) is 4.06. The monoisotopic (exact) mass is 360 g/mol. The van der Waals surface area contributed by atoms with Crippen LogP contribution >= 0.6 is 15.9 Å². The minimum atomic E-state index is -0.301. The normalized spacial score (nSPS) is 12.1. The third-order valence-corrected chi connectivity index (χ3v) is 3.61. The van der Waals surface area contributed by atoms with Crippen LogP contribution in [0.2, 0.25) is 0 Å². The van der Waals surface area contributed by atoms with Crippen LogP contribution in [0.1, 0.15) is 29.2 Å². The van der Waals surface area contributed by atoms with E-state index in [2.05, 4.69) is 31.6 Å². The summed E-state index contributed by atoms with van der Waals surface area (Å²) in [5, 5.41) is 10.7. The fourth-order valence-corrected chi connectivity index (χ4v) is 2.38. The predicted octanol–water partition coefficient (Wildman–Crippen LogP) is 3.11. The van der Waals surface area contributed by atoms with E-state index in [0.717, 1.165) is 10.2 Å². The molecule has 0 spiro atoms. The highest BCUT2D eigenvalue weighted by molar-refractivity contribution is 9.10. The summed E-state index contributed by atoms with van der Waals surface area (Å²) < 4.78 is 7.74. The van der Waals surface area contributed by atoms with Crippen molar-refractivity contribution < 1.29 is 9.21 Å². The Hall–Kier alpha value is -2.41. The molecule has 1 amide bonds. The Morgan fingerprint density at radius 2 is 2.23 bits per heavy atom. The fourth-order valence-electron chi connectivity index (χ4n) is 1.99. The summed E-state index contributed by atoms with van der Waals surface area (Å²) >= 11 is 3.40. The molecule has 0 bridgehead atoms. The van der Waals surface area contributed by atoms with Gasteiger partial charge in [-0.3, -0.25) is 4.79 Å². The highest BCUT2D eigenvalue weighted by Gasteiger charge is 2.16. The second-order valence-corrected chi connectivity index (χ2v) is 5.65. The molecular formula is C15H13BrN4O2. The molecular weight excluding hydrogens is 348 g/mol. The zero-order valence-corrected chi connectivity index (χ0v) is 13.3. The molecule has 7 heteroatoms. The van der Waals surface area contributed by atoms with Crippen LogP contribution in [0.4, 0.5) is 0 Å². The first-order valence-corrected chi connectivity index (χ1v) is 7.45. The molecule has 1 N–H and O–H groups in total. The van der Waals surface area contributed by atoms with Gasteiger partial charge in [0.25, 0.3) is 5.91 Å². The third-order valence-electron chi connectivity index (χ3n) is 3.12. The van der Waals surface area contributed by atoms with Crippen molar-refractivity contribution in [3.8, 4) is 5.69 Å². The Morgan fingerprint density at radius 1 is 1.36 bits per heavy atom. The average molecular weight is 361 g/mol. The molecule has 112 valence electrons. The van der Waals surface area contributed by atoms with E-state index in [9.17, 15) is 4.79 Å². The van der Waals surface area contributed by atoms with E-state index in [1.807, 2.05) is 37.3 Å². The van der Waals surface area contributed by atoms with Gasteiger partial charge in [-0.25, -0.2) is 4.68 Å². The van der Waals surface area contributed by atoms with Crippen LogP contribution in [-0.2, 0) is 0 Å². The van der Waals surface area contributed by atoms with Crippen LogP contribution in [-0.4, -0.2) is 20.9 Å². The van der Waals surface area contributed by atoms with Crippen molar-refractivity contribution in [3.05, 3.63) is 64.8 Å². The predicted molar refractivity (Wildman–Crippen MR) is 83.6 cm³/mol. The molecule has 1 aromatic carbocycles. The Bertz CT molecular complexity index is 782. The van der Waals surface area contributed by atoms with Gasteiger partial charge in [-0.15, -0.1) is 5.10 Å². The zero-order valence-electron chi connectivity index (χ0n) is 11.7. The number of rotatable bonds is 4. The molecule has 0 radical (unpaired) electrons. The molecule has 3 rings (SSSR count). The summed E-state index contributed by atoms with van der Waals surface area (Å²) in [7, 11) is 0. The van der Waals surface area contributed by atoms with Gasteiger partial charge in [0.1, 0.15) is 5.76 Å². The first-order valence-electron chi connectivity index (χ1n) is 6.66. The second-order valence-electron chi connectivity index (χ2n) is 4.74. The molecule has 6 nitrogen and oxygen atoms in total. The maximum Gasteiger partial charge on any atom is 0.274 e. The van der Waals surface area contributed by atoms with Gasteiger partial charge < -0.3 is 9.73 Å². The number of aromatic nitrogens is 3. The topological polar surface area (TPSA) is 73.0 Å². The molecule has 3 aromatic rings. The zero-order chi connectivity index (χ0) is 15.5. The molecule has 0 saturated heterocycles. The molecule has 0 aliphatic rings. The number of halogens is 1. The lowest BCUT2D eigenvalue weighted by Gasteiger charge is -2.09. The first kappa shape index (κ1) is 14.5. The van der Waals surface area contributed by atoms with Crippen LogP contribution < -0.4 is 5.32 Å². The largest absolute Gasteiger partial charge is 0.467 e. The lowest BCUT2D eigenvalue weighted by atomic mass is 10.2. The van der Waals surface area contributed by atoms with Gasteiger partial charge >= 0.3 is 0 Å². The summed E-state index contributed by atoms with van der Waals surface area (Å²) in [5.74, 6) is 0.387. The molecule has 1 atom stereocenters. The number of nitrogens with one attached hydrogen (secondary N) is 1. The summed E-state index contributed by atoms with van der Waals surface area (Å²) in [4.78, 5) is 12.2. The lowest BCUT2D eigenvalue weighted by Crippen LogP contribution is -2.26. The van der Waals surface area contributed by atoms with Gasteiger partial charge in [-0.2, -0.15) is 0 Å². The molecule has 22 heavy (non-hydrogen) atoms. The number of amides is 1. The molecule has 0 aliphatic heterocycles. The van der Waals surface area contributed by atoms with Gasteiger partial charge in [0.2, 0.25) is 0 Å². The fraction of sp³-hybridized carbons (Fsp3) is 0.133. The van der Waals surface area contributed by atoms with Gasteiger partial charge in [-0.05, 0) is 37.3 Å². The Labute approximate surface area is 135 Å². The van der Waals surface area contributed by atoms with E-state index in [-0.39, 0.29) is 17.6 Å². The van der Waals surface area contributed by atoms with E-state index in [1.165, 1.54) is 0 Å². The number of carbonyl (C=O) groups excluding carboxylic acids is 1. The standard InChI is InChI=1S/C15H13BrN4O2/c1-10(14-6-3-7-22-14)17-15(21)13-9-20(19-18-13)12-5-2-4-11(16)8-12/h2-10H,1H3,(H,17,21). The van der Waals surface area contributed by atoms with Crippen LogP contribution in [0.15, 0.2) is 57.7 Å². The molecule has 0 aliphatic carbocycles. The first-order chi connectivity index (χ1) is 10.6. The van der Waals surface area contributed by atoms with Gasteiger partial charge in [0.05, 0.1) is 24.2 Å². The summed E-state index contributed by atoms with van der Waals surface area (Å²) in [6.45, 7) is 1.84. The van der Waals surface area contributed by atoms with E-state index >= 15 is 0 Å². The van der Waals surface area contributed by atoms with Crippen molar-refractivity contribution in [2.45, 2.75) is 13.0 Å². The quantitative estimate of drug-likeness (QED) is 0.775. The second kappa shape index (κ2) is 6.15. The van der Waals surface area contributed by atoms with Crippen LogP contribution in [0, 0.1) is 0 Å². The highest BCUT2D eigenvalue weighted by Crippen LogP contribution is 2.15. The van der Waals surface area contributed by atoms with E-state index < -0.39 is 0 Å². The van der Waals surface area contributed by atoms with Crippen LogP contribution in [0.3, 0.4) is 0 Å². The molecule has 2 aromatic heterocycles. The minimum Gasteiger partial charge on any atom is -0.467 e. The van der Waals surface area contributed by atoms with Crippen molar-refractivity contribution in [1.29, 1.82) is 0 Å². The van der Waals surface area contributed by atoms with E-state index in [1.54, 1.807) is 23.2 Å². The van der Waals surface area contributed by atoms with Crippen molar-refractivity contribution in [2.75, 3.05) is 0 Å². The van der Waals surface area contributed by atoms with Crippen molar-refractivity contribution >= 4 is 21.8 Å². The average Bonchev–Trinajstić information content (AvgIpc) is 3.19. The van der Waals surface area contributed by atoms with Crippen LogP contribution in [0.5, 0.6) is 0 Å². The van der Waals surface area contributed by atoms with E-state index in [0.29, 0.717) is 5.76 Å². The van der Waals surface area contributed by atoms with Crippen LogP contribution in [0.25, 0.3) is 5.69 Å². The number of benzene rings is 1. The summed E-state index contributed by atoms with van der Waals surface area (Å²) in [6.07, 6.45) is 3.16. The smallest absolute Gasteiger partial charge is 0.274 e. The summed E-state index contributed by atoms with van der Waals surface area (Å²) in [5.41, 5.74) is 1.07. The maximum absolute atomic E-state index is 12.2. The summed E-state index contributed by atoms with van der Waals surface area (Å²) in [6, 6.07) is 10.9. The number of hydrogen-bond acceptors (Lipinski definition) is 4. The van der Waals surface area contributed by atoms with Gasteiger partial charge in [0, 0.05) is 4.47 Å². The van der Waals surface area contributed by atoms with Crippen molar-refractivity contribution in [2.24, 2.45) is 0 Å². The molecule has 2 heterocycles. The molecule has 0 saturated carbocycles. The number of nitrogens with zero attached hydrogens (tertiary/aromatic N) is 3. The lowest BCUT2D eigenvalue weighted by molar-refractivity contribution is 0.0930. The third kappa shape index (κ3) is 3.09. The Morgan fingerprint density at radius 3 is 2.95 bits per heavy atom. The maximum atomic E-state index is 12.2. The molecule has 1 unspecified atom stereocenters.